The van der Waals surface area contributed by atoms with Gasteiger partial charge in [0.25, 0.3) is 0 Å². The lowest BCUT2D eigenvalue weighted by Gasteiger charge is -2.26. The Kier molecular flexibility index (Phi) is 6.03. The molecule has 0 spiro atoms. The molecule has 5 nitrogen and oxygen atoms in total. The molecule has 20 heavy (non-hydrogen) atoms. The van der Waals surface area contributed by atoms with Crippen LogP contribution in [-0.2, 0) is 16.0 Å². The molecule has 0 heterocycles. The van der Waals surface area contributed by atoms with E-state index in [2.05, 4.69) is 0 Å². The first-order chi connectivity index (χ1) is 9.40. The average molecular weight is 278 g/mol. The highest BCUT2D eigenvalue weighted by atomic mass is 16.3. The number of phenols is 1. The van der Waals surface area contributed by atoms with Gasteiger partial charge >= 0.3 is 0 Å². The van der Waals surface area contributed by atoms with Crippen LogP contribution in [0.1, 0.15) is 32.3 Å². The Morgan fingerprint density at radius 3 is 2.30 bits per heavy atom. The van der Waals surface area contributed by atoms with Gasteiger partial charge in [0.15, 0.2) is 0 Å². The molecule has 0 saturated heterocycles. The molecular formula is C15H22N2O3. The van der Waals surface area contributed by atoms with Crippen molar-refractivity contribution < 1.29 is 14.7 Å². The third kappa shape index (κ3) is 5.30. The number of phenolic OH excluding ortho intramolecular Hbond substituents is 1. The highest BCUT2D eigenvalue weighted by Crippen LogP contribution is 2.12. The summed E-state index contributed by atoms with van der Waals surface area (Å²) >= 11 is 0. The first kappa shape index (κ1) is 16.0. The molecular weight excluding hydrogens is 256 g/mol. The van der Waals surface area contributed by atoms with E-state index in [-0.39, 0.29) is 30.5 Å². The van der Waals surface area contributed by atoms with Gasteiger partial charge in [0.05, 0.1) is 0 Å². The van der Waals surface area contributed by atoms with Crippen molar-refractivity contribution in [1.29, 1.82) is 0 Å². The van der Waals surface area contributed by atoms with Crippen molar-refractivity contribution in [2.75, 3.05) is 6.54 Å². The standard InChI is InChI=1S/C15H22N2O3/c1-11(2)17(15(20)8-7-14(16)19)10-9-12-3-5-13(18)6-4-12/h3-6,11,18H,7-10H2,1-2H3,(H2,16,19). The number of benzene rings is 1. The van der Waals surface area contributed by atoms with E-state index in [0.29, 0.717) is 13.0 Å². The van der Waals surface area contributed by atoms with E-state index in [1.165, 1.54) is 0 Å². The predicted molar refractivity (Wildman–Crippen MR) is 77.1 cm³/mol. The van der Waals surface area contributed by atoms with Crippen LogP contribution in [0.2, 0.25) is 0 Å². The van der Waals surface area contributed by atoms with Gasteiger partial charge in [-0.1, -0.05) is 12.1 Å². The Bertz CT molecular complexity index is 455. The van der Waals surface area contributed by atoms with Gasteiger partial charge in [-0.15, -0.1) is 0 Å². The molecule has 2 amide bonds. The molecule has 110 valence electrons. The van der Waals surface area contributed by atoms with Gasteiger partial charge in [0.1, 0.15) is 5.75 Å². The Labute approximate surface area is 119 Å². The van der Waals surface area contributed by atoms with Crippen molar-refractivity contribution in [2.45, 2.75) is 39.2 Å². The third-order valence-corrected chi connectivity index (χ3v) is 3.11. The molecule has 0 bridgehead atoms. The second-order valence-electron chi connectivity index (χ2n) is 5.06. The van der Waals surface area contributed by atoms with E-state index in [4.69, 9.17) is 5.73 Å². The number of carbonyl (C=O) groups excluding carboxylic acids is 2. The average Bonchev–Trinajstić information content (AvgIpc) is 2.38. The number of aromatic hydroxyl groups is 1. The van der Waals surface area contributed by atoms with Crippen LogP contribution in [0.4, 0.5) is 0 Å². The second kappa shape index (κ2) is 7.53. The molecule has 0 saturated carbocycles. The Morgan fingerprint density at radius 2 is 1.80 bits per heavy atom. The fourth-order valence-corrected chi connectivity index (χ4v) is 1.96. The molecule has 0 aromatic heterocycles. The van der Waals surface area contributed by atoms with Crippen LogP contribution in [0.3, 0.4) is 0 Å². The van der Waals surface area contributed by atoms with E-state index >= 15 is 0 Å². The number of rotatable bonds is 7. The Morgan fingerprint density at radius 1 is 1.20 bits per heavy atom. The van der Waals surface area contributed by atoms with E-state index in [1.54, 1.807) is 17.0 Å². The molecule has 0 radical (unpaired) electrons. The van der Waals surface area contributed by atoms with Crippen molar-refractivity contribution in [3.05, 3.63) is 29.8 Å². The summed E-state index contributed by atoms with van der Waals surface area (Å²) in [5.41, 5.74) is 6.11. The number of nitrogens with two attached hydrogens (primary N) is 1. The summed E-state index contributed by atoms with van der Waals surface area (Å²) < 4.78 is 0. The fourth-order valence-electron chi connectivity index (χ4n) is 1.96. The monoisotopic (exact) mass is 278 g/mol. The minimum absolute atomic E-state index is 0.0578. The molecule has 0 aliphatic carbocycles. The molecule has 0 atom stereocenters. The van der Waals surface area contributed by atoms with Gasteiger partial charge in [-0.25, -0.2) is 0 Å². The Balaban J connectivity index is 2.56. The molecule has 1 aromatic carbocycles. The highest BCUT2D eigenvalue weighted by molar-refractivity contribution is 5.83. The summed E-state index contributed by atoms with van der Waals surface area (Å²) in [4.78, 5) is 24.5. The normalized spacial score (nSPS) is 10.6. The van der Waals surface area contributed by atoms with Crippen LogP contribution < -0.4 is 5.73 Å². The number of amides is 2. The summed E-state index contributed by atoms with van der Waals surface area (Å²) in [6.07, 6.45) is 0.950. The minimum atomic E-state index is -0.458. The maximum atomic E-state index is 12.0. The van der Waals surface area contributed by atoms with Gasteiger partial charge in [0.2, 0.25) is 11.8 Å². The van der Waals surface area contributed by atoms with Crippen molar-refractivity contribution in [2.24, 2.45) is 5.73 Å². The van der Waals surface area contributed by atoms with Crippen molar-refractivity contribution in [3.8, 4) is 5.75 Å². The molecule has 0 aliphatic heterocycles. The zero-order valence-electron chi connectivity index (χ0n) is 12.0. The van der Waals surface area contributed by atoms with Crippen LogP contribution in [0.15, 0.2) is 24.3 Å². The number of carbonyl (C=O) groups is 2. The predicted octanol–water partition coefficient (Wildman–Crippen LogP) is 1.44. The number of hydrogen-bond acceptors (Lipinski definition) is 3. The van der Waals surface area contributed by atoms with Crippen LogP contribution in [0, 0.1) is 0 Å². The van der Waals surface area contributed by atoms with Crippen LogP contribution in [-0.4, -0.2) is 34.4 Å². The second-order valence-corrected chi connectivity index (χ2v) is 5.06. The zero-order chi connectivity index (χ0) is 15.1. The molecule has 0 aliphatic rings. The van der Waals surface area contributed by atoms with Gasteiger partial charge in [0, 0.05) is 25.4 Å². The third-order valence-electron chi connectivity index (χ3n) is 3.11. The van der Waals surface area contributed by atoms with E-state index in [9.17, 15) is 14.7 Å². The van der Waals surface area contributed by atoms with Crippen molar-refractivity contribution >= 4 is 11.8 Å². The number of primary amides is 1. The van der Waals surface area contributed by atoms with Gasteiger partial charge in [-0.2, -0.15) is 0 Å². The number of hydrogen-bond donors (Lipinski definition) is 2. The minimum Gasteiger partial charge on any atom is -0.508 e. The molecule has 3 N–H and O–H groups in total. The van der Waals surface area contributed by atoms with E-state index in [0.717, 1.165) is 5.56 Å². The lowest BCUT2D eigenvalue weighted by Crippen LogP contribution is -2.38. The lowest BCUT2D eigenvalue weighted by molar-refractivity contribution is -0.134. The highest BCUT2D eigenvalue weighted by Gasteiger charge is 2.17. The van der Waals surface area contributed by atoms with E-state index < -0.39 is 5.91 Å². The van der Waals surface area contributed by atoms with Gasteiger partial charge < -0.3 is 15.7 Å². The zero-order valence-corrected chi connectivity index (χ0v) is 12.0. The van der Waals surface area contributed by atoms with Crippen LogP contribution in [0.5, 0.6) is 5.75 Å². The summed E-state index contributed by atoms with van der Waals surface area (Å²) in [5, 5.41) is 9.22. The van der Waals surface area contributed by atoms with Crippen LogP contribution in [0.25, 0.3) is 0 Å². The van der Waals surface area contributed by atoms with Crippen molar-refractivity contribution in [1.82, 2.24) is 4.90 Å². The summed E-state index contributed by atoms with van der Waals surface area (Å²) in [6, 6.07) is 7.00. The molecule has 1 rings (SSSR count). The fraction of sp³-hybridized carbons (Fsp3) is 0.467. The maximum Gasteiger partial charge on any atom is 0.223 e. The van der Waals surface area contributed by atoms with Gasteiger partial charge in [-0.3, -0.25) is 9.59 Å². The molecule has 0 fully saturated rings. The maximum absolute atomic E-state index is 12.0. The summed E-state index contributed by atoms with van der Waals surface area (Å²) in [7, 11) is 0. The first-order valence-corrected chi connectivity index (χ1v) is 6.76. The summed E-state index contributed by atoms with van der Waals surface area (Å²) in [5.74, 6) is -0.287. The quantitative estimate of drug-likeness (QED) is 0.791. The molecule has 1 aromatic rings. The van der Waals surface area contributed by atoms with E-state index in [1.807, 2.05) is 26.0 Å². The van der Waals surface area contributed by atoms with Crippen molar-refractivity contribution in [3.63, 3.8) is 0 Å². The Hall–Kier alpha value is -2.04. The number of nitrogens with zero attached hydrogens (tertiary/aromatic N) is 1. The molecule has 0 unspecified atom stereocenters. The first-order valence-electron chi connectivity index (χ1n) is 6.76. The van der Waals surface area contributed by atoms with Gasteiger partial charge in [-0.05, 0) is 38.0 Å². The smallest absolute Gasteiger partial charge is 0.223 e. The topological polar surface area (TPSA) is 83.6 Å². The lowest BCUT2D eigenvalue weighted by atomic mass is 10.1. The largest absolute Gasteiger partial charge is 0.508 e. The van der Waals surface area contributed by atoms with Crippen LogP contribution >= 0.6 is 0 Å². The SMILES string of the molecule is CC(C)N(CCc1ccc(O)cc1)C(=O)CCC(N)=O. The molecule has 5 heteroatoms. The summed E-state index contributed by atoms with van der Waals surface area (Å²) in [6.45, 7) is 4.47.